The molecule has 0 saturated carbocycles. The van der Waals surface area contributed by atoms with E-state index in [9.17, 15) is 4.79 Å². The van der Waals surface area contributed by atoms with Gasteiger partial charge in [-0.3, -0.25) is 9.69 Å². The Morgan fingerprint density at radius 3 is 2.92 bits per heavy atom. The smallest absolute Gasteiger partial charge is 0.264 e. The van der Waals surface area contributed by atoms with Crippen molar-refractivity contribution in [3.8, 4) is 5.75 Å². The summed E-state index contributed by atoms with van der Waals surface area (Å²) in [7, 11) is 3.96. The molecule has 0 radical (unpaired) electrons. The summed E-state index contributed by atoms with van der Waals surface area (Å²) in [6.07, 6.45) is 2.65. The first-order chi connectivity index (χ1) is 11.6. The molecule has 1 spiro atoms. The van der Waals surface area contributed by atoms with E-state index in [1.54, 1.807) is 7.11 Å². The van der Waals surface area contributed by atoms with Crippen LogP contribution in [-0.2, 0) is 16.0 Å². The minimum absolute atomic E-state index is 0.138. The molecule has 3 heterocycles. The second-order valence-electron chi connectivity index (χ2n) is 7.57. The van der Waals surface area contributed by atoms with Gasteiger partial charge in [0.1, 0.15) is 5.75 Å². The van der Waals surface area contributed by atoms with Crippen LogP contribution in [0.4, 0.5) is 0 Å². The number of methoxy groups -OCH3 is 1. The Hall–Kier alpha value is -1.59. The van der Waals surface area contributed by atoms with Crippen molar-refractivity contribution in [3.05, 3.63) is 29.8 Å². The molecule has 2 atom stereocenters. The van der Waals surface area contributed by atoms with Gasteiger partial charge in [0.15, 0.2) is 6.10 Å². The highest BCUT2D eigenvalue weighted by molar-refractivity contribution is 5.83. The molecule has 24 heavy (non-hydrogen) atoms. The Balaban J connectivity index is 1.38. The number of hydrogen-bond donors (Lipinski definition) is 0. The zero-order valence-electron chi connectivity index (χ0n) is 14.5. The number of fused-ring (bicyclic) bond motifs is 1. The second kappa shape index (κ2) is 6.05. The molecular formula is C19H26N2O3. The molecule has 5 heteroatoms. The van der Waals surface area contributed by atoms with Crippen LogP contribution in [0.1, 0.15) is 18.4 Å². The van der Waals surface area contributed by atoms with E-state index in [-0.39, 0.29) is 17.6 Å². The molecule has 2 saturated heterocycles. The molecule has 0 bridgehead atoms. The zero-order valence-corrected chi connectivity index (χ0v) is 14.5. The van der Waals surface area contributed by atoms with Gasteiger partial charge in [-0.05, 0) is 44.0 Å². The molecule has 5 nitrogen and oxygen atoms in total. The molecule has 0 aromatic heterocycles. The number of para-hydroxylation sites is 1. The number of amides is 1. The molecule has 3 aliphatic rings. The van der Waals surface area contributed by atoms with Crippen LogP contribution in [0.25, 0.3) is 0 Å². The molecule has 0 N–H and O–H groups in total. The van der Waals surface area contributed by atoms with Gasteiger partial charge in [-0.2, -0.15) is 0 Å². The number of ether oxygens (including phenoxy) is 2. The highest BCUT2D eigenvalue weighted by atomic mass is 16.5. The first-order valence-corrected chi connectivity index (χ1v) is 8.85. The second-order valence-corrected chi connectivity index (χ2v) is 7.57. The molecule has 3 aliphatic heterocycles. The van der Waals surface area contributed by atoms with Gasteiger partial charge in [-0.1, -0.05) is 18.2 Å². The van der Waals surface area contributed by atoms with Crippen LogP contribution in [0.2, 0.25) is 0 Å². The van der Waals surface area contributed by atoms with Crippen LogP contribution >= 0.6 is 0 Å². The summed E-state index contributed by atoms with van der Waals surface area (Å²) in [5, 5.41) is 0. The predicted octanol–water partition coefficient (Wildman–Crippen LogP) is 1.56. The minimum Gasteiger partial charge on any atom is -0.480 e. The van der Waals surface area contributed by atoms with Crippen molar-refractivity contribution >= 4 is 5.91 Å². The monoisotopic (exact) mass is 330 g/mol. The lowest BCUT2D eigenvalue weighted by atomic mass is 9.75. The number of carbonyl (C=O) groups excluding carboxylic acids is 1. The van der Waals surface area contributed by atoms with Crippen molar-refractivity contribution in [2.24, 2.45) is 5.92 Å². The molecule has 2 fully saturated rings. The third-order valence-corrected chi connectivity index (χ3v) is 5.96. The summed E-state index contributed by atoms with van der Waals surface area (Å²) < 4.78 is 11.2. The van der Waals surface area contributed by atoms with Gasteiger partial charge in [-0.15, -0.1) is 0 Å². The fourth-order valence-corrected chi connectivity index (χ4v) is 4.50. The fraction of sp³-hybridized carbons (Fsp3) is 0.632. The van der Waals surface area contributed by atoms with Crippen molar-refractivity contribution in [2.45, 2.75) is 30.9 Å². The van der Waals surface area contributed by atoms with Crippen LogP contribution in [0.15, 0.2) is 24.3 Å². The maximum Gasteiger partial charge on any atom is 0.264 e. The SMILES string of the molecule is COC[C@@H]1CCN(C)C2(C1)CN(C(=O)[C@H]1Cc3ccccc3O1)C2. The van der Waals surface area contributed by atoms with Gasteiger partial charge < -0.3 is 14.4 Å². The lowest BCUT2D eigenvalue weighted by Gasteiger charge is -2.58. The number of piperidine rings is 1. The maximum atomic E-state index is 12.8. The summed E-state index contributed by atoms with van der Waals surface area (Å²) in [6.45, 7) is 3.55. The van der Waals surface area contributed by atoms with Crippen molar-refractivity contribution in [2.75, 3.05) is 40.4 Å². The van der Waals surface area contributed by atoms with E-state index in [4.69, 9.17) is 9.47 Å². The number of carbonyl (C=O) groups is 1. The summed E-state index contributed by atoms with van der Waals surface area (Å²) in [5.74, 6) is 1.61. The summed E-state index contributed by atoms with van der Waals surface area (Å²) in [4.78, 5) is 17.2. The number of rotatable bonds is 3. The van der Waals surface area contributed by atoms with E-state index >= 15 is 0 Å². The van der Waals surface area contributed by atoms with Crippen LogP contribution in [0, 0.1) is 5.92 Å². The lowest BCUT2D eigenvalue weighted by molar-refractivity contribution is -0.157. The van der Waals surface area contributed by atoms with Gasteiger partial charge in [-0.25, -0.2) is 0 Å². The Kier molecular flexibility index (Phi) is 4.01. The lowest BCUT2D eigenvalue weighted by Crippen LogP contribution is -2.73. The van der Waals surface area contributed by atoms with E-state index < -0.39 is 0 Å². The molecule has 130 valence electrons. The van der Waals surface area contributed by atoms with Gasteiger partial charge in [0, 0.05) is 33.2 Å². The van der Waals surface area contributed by atoms with Crippen molar-refractivity contribution in [1.29, 1.82) is 0 Å². The fourth-order valence-electron chi connectivity index (χ4n) is 4.50. The highest BCUT2D eigenvalue weighted by Crippen LogP contribution is 2.39. The van der Waals surface area contributed by atoms with Gasteiger partial charge in [0.05, 0.1) is 5.54 Å². The summed E-state index contributed by atoms with van der Waals surface area (Å²) in [6, 6.07) is 7.95. The van der Waals surface area contributed by atoms with Gasteiger partial charge >= 0.3 is 0 Å². The predicted molar refractivity (Wildman–Crippen MR) is 91.1 cm³/mol. The van der Waals surface area contributed by atoms with E-state index in [1.807, 2.05) is 29.2 Å². The van der Waals surface area contributed by atoms with Crippen LogP contribution in [0.5, 0.6) is 5.75 Å². The Labute approximate surface area is 143 Å². The molecular weight excluding hydrogens is 304 g/mol. The van der Waals surface area contributed by atoms with Crippen LogP contribution < -0.4 is 4.74 Å². The summed E-state index contributed by atoms with van der Waals surface area (Å²) in [5.41, 5.74) is 1.28. The van der Waals surface area contributed by atoms with Gasteiger partial charge in [0.25, 0.3) is 5.91 Å². The van der Waals surface area contributed by atoms with Crippen LogP contribution in [-0.4, -0.2) is 67.7 Å². The average molecular weight is 330 g/mol. The Morgan fingerprint density at radius 1 is 1.38 bits per heavy atom. The molecule has 1 amide bonds. The van der Waals surface area contributed by atoms with Crippen molar-refractivity contribution in [1.82, 2.24) is 9.80 Å². The Morgan fingerprint density at radius 2 is 2.17 bits per heavy atom. The number of nitrogens with zero attached hydrogens (tertiary/aromatic N) is 2. The average Bonchev–Trinajstić information content (AvgIpc) is 2.98. The van der Waals surface area contributed by atoms with E-state index in [1.165, 1.54) is 6.42 Å². The van der Waals surface area contributed by atoms with E-state index in [0.29, 0.717) is 12.3 Å². The number of hydrogen-bond acceptors (Lipinski definition) is 4. The topological polar surface area (TPSA) is 42.0 Å². The number of benzene rings is 1. The normalized spacial score (nSPS) is 28.3. The molecule has 1 aromatic rings. The van der Waals surface area contributed by atoms with Crippen molar-refractivity contribution in [3.63, 3.8) is 0 Å². The van der Waals surface area contributed by atoms with Crippen LogP contribution in [0.3, 0.4) is 0 Å². The highest BCUT2D eigenvalue weighted by Gasteiger charge is 2.52. The minimum atomic E-state index is -0.344. The molecule has 0 aliphatic carbocycles. The van der Waals surface area contributed by atoms with E-state index in [2.05, 4.69) is 11.9 Å². The van der Waals surface area contributed by atoms with Gasteiger partial charge in [0.2, 0.25) is 0 Å². The third kappa shape index (κ3) is 2.60. The Bertz CT molecular complexity index is 602. The zero-order chi connectivity index (χ0) is 16.7. The standard InChI is InChI=1S/C19H26N2O3/c1-20-8-7-14(11-23-2)10-19(20)12-21(13-19)18(22)17-9-15-5-3-4-6-16(15)24-17/h3-6,14,17H,7-13H2,1-2H3/t14-,17-/m1/s1. The first-order valence-electron chi connectivity index (χ1n) is 8.85. The quantitative estimate of drug-likeness (QED) is 0.843. The van der Waals surface area contributed by atoms with E-state index in [0.717, 1.165) is 44.0 Å². The van der Waals surface area contributed by atoms with Crippen molar-refractivity contribution < 1.29 is 14.3 Å². The first kappa shape index (κ1) is 15.9. The number of likely N-dealkylation sites (tertiary alicyclic amines) is 2. The summed E-state index contributed by atoms with van der Waals surface area (Å²) >= 11 is 0. The largest absolute Gasteiger partial charge is 0.480 e. The third-order valence-electron chi connectivity index (χ3n) is 5.96. The number of likely N-dealkylation sites (N-methyl/N-ethyl adjacent to an activating group) is 1. The molecule has 1 aromatic carbocycles. The molecule has 0 unspecified atom stereocenters. The molecule has 4 rings (SSSR count). The maximum absolute atomic E-state index is 12.8.